The van der Waals surface area contributed by atoms with Gasteiger partial charge in [-0.15, -0.1) is 11.8 Å². The molecule has 0 aromatic heterocycles. The van der Waals surface area contributed by atoms with Crippen LogP contribution in [0.4, 0.5) is 4.39 Å². The molecule has 96 valence electrons. The molecule has 0 aliphatic carbocycles. The number of methoxy groups -OCH3 is 1. The number of carbonyl (C=O) groups excluding carboxylic acids is 1. The monoisotopic (exact) mass is 331 g/mol. The van der Waals surface area contributed by atoms with Gasteiger partial charge in [-0.2, -0.15) is 5.26 Å². The normalized spacial score (nSPS) is 11.7. The third-order valence-electron chi connectivity index (χ3n) is 2.26. The molecule has 0 aliphatic heterocycles. The maximum Gasteiger partial charge on any atom is 0.309 e. The molecule has 1 atom stereocenters. The van der Waals surface area contributed by atoms with Crippen LogP contribution in [0.1, 0.15) is 12.5 Å². The summed E-state index contributed by atoms with van der Waals surface area (Å²) >= 11 is 4.26. The molecule has 0 aliphatic rings. The molecule has 6 heteroatoms. The number of rotatable bonds is 4. The maximum atomic E-state index is 13.8. The van der Waals surface area contributed by atoms with Crippen LogP contribution in [0.2, 0.25) is 0 Å². The lowest BCUT2D eigenvalue weighted by Gasteiger charge is -2.10. The summed E-state index contributed by atoms with van der Waals surface area (Å²) in [6.07, 6.45) is 0. The van der Waals surface area contributed by atoms with Crippen molar-refractivity contribution in [2.75, 3.05) is 12.9 Å². The predicted octanol–water partition coefficient (Wildman–Crippen LogP) is 3.36. The maximum absolute atomic E-state index is 13.8. The topological polar surface area (TPSA) is 50.1 Å². The van der Waals surface area contributed by atoms with Crippen molar-refractivity contribution in [3.8, 4) is 6.07 Å². The van der Waals surface area contributed by atoms with Crippen LogP contribution in [0.15, 0.2) is 21.5 Å². The van der Waals surface area contributed by atoms with Crippen molar-refractivity contribution in [1.82, 2.24) is 0 Å². The fourth-order valence-electron chi connectivity index (χ4n) is 1.21. The first-order chi connectivity index (χ1) is 8.51. The van der Waals surface area contributed by atoms with Gasteiger partial charge in [0.1, 0.15) is 6.07 Å². The lowest BCUT2D eigenvalue weighted by atomic mass is 10.2. The molecule has 1 rings (SSSR count). The fourth-order valence-corrected chi connectivity index (χ4v) is 2.74. The average molecular weight is 332 g/mol. The lowest BCUT2D eigenvalue weighted by molar-refractivity contribution is -0.143. The van der Waals surface area contributed by atoms with E-state index in [1.807, 2.05) is 6.07 Å². The number of hydrogen-bond donors (Lipinski definition) is 0. The molecule has 3 nitrogen and oxygen atoms in total. The highest BCUT2D eigenvalue weighted by Crippen LogP contribution is 2.30. The first-order valence-electron chi connectivity index (χ1n) is 5.10. The number of nitrogens with zero attached hydrogens (tertiary/aromatic N) is 1. The quantitative estimate of drug-likeness (QED) is 0.627. The summed E-state index contributed by atoms with van der Waals surface area (Å²) in [5.41, 5.74) is 0.248. The second-order valence-electron chi connectivity index (χ2n) is 3.59. The molecule has 0 heterocycles. The first-order valence-corrected chi connectivity index (χ1v) is 6.87. The largest absolute Gasteiger partial charge is 0.469 e. The van der Waals surface area contributed by atoms with E-state index in [1.165, 1.54) is 31.0 Å². The number of hydrogen-bond acceptors (Lipinski definition) is 4. The highest BCUT2D eigenvalue weighted by Gasteiger charge is 2.16. The molecular weight excluding hydrogens is 321 g/mol. The SMILES string of the molecule is COC(=O)C(C)CSc1ccc(C#N)c(Br)c1F. The third-order valence-corrected chi connectivity index (χ3v) is 4.33. The van der Waals surface area contributed by atoms with Crippen molar-refractivity contribution >= 4 is 33.7 Å². The Balaban J connectivity index is 2.78. The van der Waals surface area contributed by atoms with Gasteiger partial charge in [0.05, 0.1) is 23.1 Å². The Labute approximate surface area is 117 Å². The minimum Gasteiger partial charge on any atom is -0.469 e. The van der Waals surface area contributed by atoms with E-state index in [0.29, 0.717) is 10.6 Å². The van der Waals surface area contributed by atoms with E-state index in [-0.39, 0.29) is 21.9 Å². The molecule has 0 fully saturated rings. The summed E-state index contributed by atoms with van der Waals surface area (Å²) < 4.78 is 18.6. The second-order valence-corrected chi connectivity index (χ2v) is 5.44. The van der Waals surface area contributed by atoms with Gasteiger partial charge in [-0.1, -0.05) is 6.92 Å². The van der Waals surface area contributed by atoms with Crippen LogP contribution in [0.3, 0.4) is 0 Å². The molecule has 0 saturated heterocycles. The van der Waals surface area contributed by atoms with E-state index in [4.69, 9.17) is 5.26 Å². The van der Waals surface area contributed by atoms with Crippen LogP contribution in [-0.2, 0) is 9.53 Å². The summed E-state index contributed by atoms with van der Waals surface area (Å²) in [6, 6.07) is 4.96. The van der Waals surface area contributed by atoms with Crippen LogP contribution in [0.25, 0.3) is 0 Å². The highest BCUT2D eigenvalue weighted by atomic mass is 79.9. The molecule has 0 N–H and O–H groups in total. The number of ether oxygens (including phenoxy) is 1. The first kappa shape index (κ1) is 15.0. The van der Waals surface area contributed by atoms with Gasteiger partial charge in [-0.25, -0.2) is 4.39 Å². The van der Waals surface area contributed by atoms with Gasteiger partial charge >= 0.3 is 5.97 Å². The Kier molecular flexibility index (Phi) is 5.63. The molecule has 18 heavy (non-hydrogen) atoms. The summed E-state index contributed by atoms with van der Waals surface area (Å²) in [7, 11) is 1.32. The van der Waals surface area contributed by atoms with E-state index in [0.717, 1.165) is 0 Å². The van der Waals surface area contributed by atoms with E-state index >= 15 is 0 Å². The van der Waals surface area contributed by atoms with Gasteiger partial charge in [-0.05, 0) is 28.1 Å². The zero-order valence-corrected chi connectivity index (χ0v) is 12.3. The van der Waals surface area contributed by atoms with Gasteiger partial charge < -0.3 is 4.74 Å². The number of benzene rings is 1. The number of nitriles is 1. The Morgan fingerprint density at radius 3 is 2.89 bits per heavy atom. The van der Waals surface area contributed by atoms with Gasteiger partial charge in [-0.3, -0.25) is 4.79 Å². The molecule has 0 spiro atoms. The zero-order valence-electron chi connectivity index (χ0n) is 9.87. The van der Waals surface area contributed by atoms with Crippen molar-refractivity contribution in [1.29, 1.82) is 5.26 Å². The van der Waals surface area contributed by atoms with Crippen molar-refractivity contribution < 1.29 is 13.9 Å². The number of esters is 1. The molecule has 0 saturated carbocycles. The number of thioether (sulfide) groups is 1. The van der Waals surface area contributed by atoms with Crippen molar-refractivity contribution in [2.24, 2.45) is 5.92 Å². The molecule has 0 radical (unpaired) electrons. The molecular formula is C12H11BrFNO2S. The van der Waals surface area contributed by atoms with Crippen molar-refractivity contribution in [2.45, 2.75) is 11.8 Å². The smallest absolute Gasteiger partial charge is 0.309 e. The van der Waals surface area contributed by atoms with Crippen LogP contribution in [0.5, 0.6) is 0 Å². The third kappa shape index (κ3) is 3.47. The van der Waals surface area contributed by atoms with Crippen LogP contribution in [-0.4, -0.2) is 18.8 Å². The second kappa shape index (κ2) is 6.76. The standard InChI is InChI=1S/C12H11BrFNO2S/c1-7(12(16)17-2)6-18-9-4-3-8(5-15)10(13)11(9)14/h3-4,7H,6H2,1-2H3. The van der Waals surface area contributed by atoms with E-state index in [9.17, 15) is 9.18 Å². The average Bonchev–Trinajstić information content (AvgIpc) is 2.39. The van der Waals surface area contributed by atoms with Gasteiger partial charge in [0.2, 0.25) is 0 Å². The summed E-state index contributed by atoms with van der Waals surface area (Å²) in [4.78, 5) is 11.6. The minimum atomic E-state index is -0.476. The van der Waals surface area contributed by atoms with Gasteiger partial charge in [0.15, 0.2) is 5.82 Å². The van der Waals surface area contributed by atoms with Gasteiger partial charge in [0.25, 0.3) is 0 Å². The molecule has 1 unspecified atom stereocenters. The Morgan fingerprint density at radius 1 is 1.67 bits per heavy atom. The van der Waals surface area contributed by atoms with Crippen LogP contribution >= 0.6 is 27.7 Å². The van der Waals surface area contributed by atoms with Crippen LogP contribution in [0, 0.1) is 23.1 Å². The zero-order chi connectivity index (χ0) is 13.7. The minimum absolute atomic E-state index is 0.153. The van der Waals surface area contributed by atoms with Crippen LogP contribution < -0.4 is 0 Å². The summed E-state index contributed by atoms with van der Waals surface area (Å²) in [5, 5.41) is 8.74. The van der Waals surface area contributed by atoms with Crippen molar-refractivity contribution in [3.63, 3.8) is 0 Å². The Hall–Kier alpha value is -1.06. The Bertz CT molecular complexity index is 502. The lowest BCUT2D eigenvalue weighted by Crippen LogP contribution is -2.14. The number of carbonyl (C=O) groups is 1. The van der Waals surface area contributed by atoms with E-state index < -0.39 is 5.82 Å². The summed E-state index contributed by atoms with van der Waals surface area (Å²) in [6.45, 7) is 1.72. The Morgan fingerprint density at radius 2 is 2.33 bits per heavy atom. The summed E-state index contributed by atoms with van der Waals surface area (Å²) in [5.74, 6) is -0.692. The molecule has 0 amide bonds. The fraction of sp³-hybridized carbons (Fsp3) is 0.333. The predicted molar refractivity (Wildman–Crippen MR) is 70.7 cm³/mol. The molecule has 1 aromatic rings. The van der Waals surface area contributed by atoms with Gasteiger partial charge in [0, 0.05) is 10.6 Å². The highest BCUT2D eigenvalue weighted by molar-refractivity contribution is 9.10. The molecule has 1 aromatic carbocycles. The van der Waals surface area contributed by atoms with E-state index in [2.05, 4.69) is 20.7 Å². The van der Waals surface area contributed by atoms with E-state index in [1.54, 1.807) is 6.92 Å². The molecule has 0 bridgehead atoms. The number of halogens is 2. The van der Waals surface area contributed by atoms with Crippen molar-refractivity contribution in [3.05, 3.63) is 28.0 Å².